The van der Waals surface area contributed by atoms with Gasteiger partial charge in [0.2, 0.25) is 0 Å². The van der Waals surface area contributed by atoms with Crippen LogP contribution in [0.15, 0.2) is 36.4 Å². The van der Waals surface area contributed by atoms with Gasteiger partial charge >= 0.3 is 5.97 Å². The molecule has 3 rings (SSSR count). The van der Waals surface area contributed by atoms with Gasteiger partial charge in [0.25, 0.3) is 0 Å². The molecule has 0 saturated heterocycles. The van der Waals surface area contributed by atoms with Gasteiger partial charge < -0.3 is 14.2 Å². The maximum atomic E-state index is 11.9. The maximum absolute atomic E-state index is 11.9. The second-order valence-electron chi connectivity index (χ2n) is 6.36. The first-order valence-corrected chi connectivity index (χ1v) is 8.77. The molecule has 1 aliphatic rings. The summed E-state index contributed by atoms with van der Waals surface area (Å²) in [6, 6.07) is 11.6. The Balaban J connectivity index is 2.01. The summed E-state index contributed by atoms with van der Waals surface area (Å²) in [5.41, 5.74) is 3.69. The van der Waals surface area contributed by atoms with Crippen LogP contribution >= 0.6 is 0 Å². The predicted octanol–water partition coefficient (Wildman–Crippen LogP) is 4.64. The van der Waals surface area contributed by atoms with Crippen LogP contribution in [0.25, 0.3) is 11.1 Å². The molecule has 0 spiro atoms. The van der Waals surface area contributed by atoms with Crippen molar-refractivity contribution in [2.75, 3.05) is 13.7 Å². The first-order chi connectivity index (χ1) is 12.1. The molecule has 132 valence electrons. The Hall–Kier alpha value is -2.49. The third kappa shape index (κ3) is 3.78. The van der Waals surface area contributed by atoms with Crippen LogP contribution in [0, 0.1) is 0 Å². The van der Waals surface area contributed by atoms with Crippen molar-refractivity contribution in [3.05, 3.63) is 47.5 Å². The smallest absolute Gasteiger partial charge is 0.337 e. The van der Waals surface area contributed by atoms with Crippen LogP contribution in [0.2, 0.25) is 0 Å². The van der Waals surface area contributed by atoms with E-state index >= 15 is 0 Å². The van der Waals surface area contributed by atoms with Gasteiger partial charge in [0, 0.05) is 12.0 Å². The molecule has 25 heavy (non-hydrogen) atoms. The number of ether oxygens (including phenoxy) is 3. The Morgan fingerprint density at radius 2 is 2.04 bits per heavy atom. The third-order valence-corrected chi connectivity index (χ3v) is 4.37. The minimum Gasteiger partial charge on any atom is -0.494 e. The summed E-state index contributed by atoms with van der Waals surface area (Å²) in [7, 11) is 1.39. The average molecular weight is 340 g/mol. The summed E-state index contributed by atoms with van der Waals surface area (Å²) in [5.74, 6) is 1.33. The first-order valence-electron chi connectivity index (χ1n) is 8.77. The van der Waals surface area contributed by atoms with Crippen molar-refractivity contribution >= 4 is 5.97 Å². The molecule has 1 aliphatic heterocycles. The zero-order valence-electron chi connectivity index (χ0n) is 15.0. The van der Waals surface area contributed by atoms with Gasteiger partial charge in [-0.1, -0.05) is 19.4 Å². The number of hydrogen-bond acceptors (Lipinski definition) is 4. The highest BCUT2D eigenvalue weighted by molar-refractivity contribution is 5.92. The SMILES string of the molecule is CCCCOc1ccc2c(c1)C[C@@H](C)Oc1ccc(C(=O)OC)cc1-2. The fourth-order valence-corrected chi connectivity index (χ4v) is 3.08. The molecule has 2 aromatic carbocycles. The van der Waals surface area contributed by atoms with Gasteiger partial charge in [0.1, 0.15) is 11.5 Å². The van der Waals surface area contributed by atoms with Gasteiger partial charge in [0.05, 0.1) is 25.4 Å². The molecule has 0 fully saturated rings. The number of benzene rings is 2. The maximum Gasteiger partial charge on any atom is 0.337 e. The first kappa shape index (κ1) is 17.3. The van der Waals surface area contributed by atoms with Crippen LogP contribution in [-0.4, -0.2) is 25.8 Å². The van der Waals surface area contributed by atoms with Crippen LogP contribution in [0.3, 0.4) is 0 Å². The molecule has 4 nitrogen and oxygen atoms in total. The van der Waals surface area contributed by atoms with Crippen molar-refractivity contribution in [3.63, 3.8) is 0 Å². The summed E-state index contributed by atoms with van der Waals surface area (Å²) in [6.45, 7) is 4.93. The minimum atomic E-state index is -0.346. The topological polar surface area (TPSA) is 44.8 Å². The molecule has 0 saturated carbocycles. The average Bonchev–Trinajstić information content (AvgIpc) is 2.75. The molecule has 0 N–H and O–H groups in total. The number of fused-ring (bicyclic) bond motifs is 3. The molecule has 0 unspecified atom stereocenters. The lowest BCUT2D eigenvalue weighted by Gasteiger charge is -2.13. The van der Waals surface area contributed by atoms with Gasteiger partial charge in [-0.2, -0.15) is 0 Å². The second kappa shape index (κ2) is 7.60. The van der Waals surface area contributed by atoms with Gasteiger partial charge in [-0.05, 0) is 54.8 Å². The third-order valence-electron chi connectivity index (χ3n) is 4.37. The zero-order valence-corrected chi connectivity index (χ0v) is 15.0. The van der Waals surface area contributed by atoms with Crippen molar-refractivity contribution < 1.29 is 19.0 Å². The fraction of sp³-hybridized carbons (Fsp3) is 0.381. The van der Waals surface area contributed by atoms with Gasteiger partial charge in [-0.25, -0.2) is 4.79 Å². The molecule has 0 aliphatic carbocycles. The van der Waals surface area contributed by atoms with E-state index in [1.165, 1.54) is 12.7 Å². The highest BCUT2D eigenvalue weighted by atomic mass is 16.5. The fourth-order valence-electron chi connectivity index (χ4n) is 3.08. The Morgan fingerprint density at radius 3 is 2.80 bits per heavy atom. The number of methoxy groups -OCH3 is 1. The molecular formula is C21H24O4. The van der Waals surface area contributed by atoms with E-state index in [-0.39, 0.29) is 12.1 Å². The van der Waals surface area contributed by atoms with E-state index in [4.69, 9.17) is 14.2 Å². The number of carbonyl (C=O) groups is 1. The number of rotatable bonds is 5. The molecule has 4 heteroatoms. The molecule has 1 atom stereocenters. The number of esters is 1. The molecule has 0 aromatic heterocycles. The second-order valence-corrected chi connectivity index (χ2v) is 6.36. The van der Waals surface area contributed by atoms with Gasteiger partial charge in [-0.15, -0.1) is 0 Å². The Bertz CT molecular complexity index is 766. The van der Waals surface area contributed by atoms with Crippen LogP contribution < -0.4 is 9.47 Å². The lowest BCUT2D eigenvalue weighted by atomic mass is 9.95. The van der Waals surface area contributed by atoms with Crippen LogP contribution in [-0.2, 0) is 11.2 Å². The lowest BCUT2D eigenvalue weighted by molar-refractivity contribution is 0.0600. The normalized spacial score (nSPS) is 15.4. The van der Waals surface area contributed by atoms with Crippen molar-refractivity contribution in [2.24, 2.45) is 0 Å². The Labute approximate surface area is 148 Å². The molecule has 0 radical (unpaired) electrons. The largest absolute Gasteiger partial charge is 0.494 e. The number of unbranched alkanes of at least 4 members (excludes halogenated alkanes) is 1. The van der Waals surface area contributed by atoms with E-state index in [9.17, 15) is 4.79 Å². The van der Waals surface area contributed by atoms with Gasteiger partial charge in [0.15, 0.2) is 0 Å². The summed E-state index contributed by atoms with van der Waals surface area (Å²) in [4.78, 5) is 11.9. The van der Waals surface area contributed by atoms with Crippen LogP contribution in [0.1, 0.15) is 42.6 Å². The Morgan fingerprint density at radius 1 is 1.20 bits per heavy atom. The zero-order chi connectivity index (χ0) is 17.8. The molecule has 2 aromatic rings. The van der Waals surface area contributed by atoms with E-state index in [1.807, 2.05) is 18.2 Å². The molecular weight excluding hydrogens is 316 g/mol. The van der Waals surface area contributed by atoms with E-state index in [0.717, 1.165) is 48.5 Å². The molecule has 0 bridgehead atoms. The Kier molecular flexibility index (Phi) is 5.27. The monoisotopic (exact) mass is 340 g/mol. The lowest BCUT2D eigenvalue weighted by Crippen LogP contribution is -2.13. The van der Waals surface area contributed by atoms with Crippen molar-refractivity contribution in [2.45, 2.75) is 39.2 Å². The summed E-state index contributed by atoms with van der Waals surface area (Å²) >= 11 is 0. The summed E-state index contributed by atoms with van der Waals surface area (Å²) in [5, 5.41) is 0. The van der Waals surface area contributed by atoms with E-state index < -0.39 is 0 Å². The van der Waals surface area contributed by atoms with Crippen molar-refractivity contribution in [1.82, 2.24) is 0 Å². The van der Waals surface area contributed by atoms with Crippen molar-refractivity contribution in [1.29, 1.82) is 0 Å². The summed E-state index contributed by atoms with van der Waals surface area (Å²) in [6.07, 6.45) is 3.00. The minimum absolute atomic E-state index is 0.0508. The van der Waals surface area contributed by atoms with E-state index in [0.29, 0.717) is 5.56 Å². The van der Waals surface area contributed by atoms with Crippen molar-refractivity contribution in [3.8, 4) is 22.6 Å². The highest BCUT2D eigenvalue weighted by Gasteiger charge is 2.21. The van der Waals surface area contributed by atoms with E-state index in [1.54, 1.807) is 6.07 Å². The summed E-state index contributed by atoms with van der Waals surface area (Å²) < 4.78 is 16.7. The standard InChI is InChI=1S/C21H24O4/c1-4-5-10-24-17-7-8-18-16(12-17)11-14(2)25-20-9-6-15(13-19(18)20)21(22)23-3/h6-9,12-14H,4-5,10-11H2,1-3H3/t14-/m1/s1. The molecule has 0 amide bonds. The number of hydrogen-bond donors (Lipinski definition) is 0. The van der Waals surface area contributed by atoms with Crippen LogP contribution in [0.4, 0.5) is 0 Å². The van der Waals surface area contributed by atoms with E-state index in [2.05, 4.69) is 26.0 Å². The number of carbonyl (C=O) groups excluding carboxylic acids is 1. The van der Waals surface area contributed by atoms with Gasteiger partial charge in [-0.3, -0.25) is 0 Å². The predicted molar refractivity (Wildman–Crippen MR) is 97.4 cm³/mol. The molecule has 1 heterocycles. The highest BCUT2D eigenvalue weighted by Crippen LogP contribution is 2.39. The van der Waals surface area contributed by atoms with Crippen LogP contribution in [0.5, 0.6) is 11.5 Å². The quantitative estimate of drug-likeness (QED) is 0.587.